The van der Waals surface area contributed by atoms with Crippen molar-refractivity contribution >= 4 is 27.1 Å². The number of sulfone groups is 1. The first-order valence-electron chi connectivity index (χ1n) is 8.88. The molecule has 0 aliphatic heterocycles. The van der Waals surface area contributed by atoms with Crippen molar-refractivity contribution in [1.29, 1.82) is 0 Å². The summed E-state index contributed by atoms with van der Waals surface area (Å²) in [4.78, 5) is 23.6. The number of aromatic nitrogens is 3. The van der Waals surface area contributed by atoms with Crippen molar-refractivity contribution in [2.45, 2.75) is 10.6 Å². The summed E-state index contributed by atoms with van der Waals surface area (Å²) in [5.41, 5.74) is 0.633. The van der Waals surface area contributed by atoms with Gasteiger partial charge in [-0.15, -0.1) is 0 Å². The average Bonchev–Trinajstić information content (AvgIpc) is 3.08. The SMILES string of the molecule is O=C(Nc1cccc(CS(=O)(=O)c2ccc(F)cc2F)c1)c1ccc2n[nH]c(=O)n2c1. The number of hydrogen-bond donors (Lipinski definition) is 2. The van der Waals surface area contributed by atoms with E-state index in [9.17, 15) is 26.8 Å². The molecular weight excluding hydrogens is 430 g/mol. The number of amides is 1. The summed E-state index contributed by atoms with van der Waals surface area (Å²) in [6, 6.07) is 11.2. The van der Waals surface area contributed by atoms with Crippen molar-refractivity contribution in [2.75, 3.05) is 5.32 Å². The highest BCUT2D eigenvalue weighted by Gasteiger charge is 2.20. The Hall–Kier alpha value is -3.86. The van der Waals surface area contributed by atoms with Crippen LogP contribution in [0.2, 0.25) is 0 Å². The third-order valence-corrected chi connectivity index (χ3v) is 6.16. The second kappa shape index (κ2) is 7.76. The lowest BCUT2D eigenvalue weighted by atomic mass is 10.2. The molecule has 0 spiro atoms. The van der Waals surface area contributed by atoms with Crippen LogP contribution in [0, 0.1) is 11.6 Å². The number of H-pyrrole nitrogens is 1. The van der Waals surface area contributed by atoms with Gasteiger partial charge in [0.05, 0.1) is 11.3 Å². The van der Waals surface area contributed by atoms with Crippen LogP contribution in [0.4, 0.5) is 14.5 Å². The first-order chi connectivity index (χ1) is 14.7. The number of carbonyl (C=O) groups is 1. The summed E-state index contributed by atoms with van der Waals surface area (Å²) in [5, 5.41) is 8.65. The van der Waals surface area contributed by atoms with Crippen molar-refractivity contribution in [3.63, 3.8) is 0 Å². The summed E-state index contributed by atoms with van der Waals surface area (Å²) in [6.07, 6.45) is 1.32. The van der Waals surface area contributed by atoms with Gasteiger partial charge in [-0.05, 0) is 42.0 Å². The van der Waals surface area contributed by atoms with E-state index in [1.165, 1.54) is 40.9 Å². The van der Waals surface area contributed by atoms with E-state index >= 15 is 0 Å². The van der Waals surface area contributed by atoms with Gasteiger partial charge in [-0.3, -0.25) is 4.79 Å². The molecule has 0 saturated carbocycles. The number of nitrogens with zero attached hydrogens (tertiary/aromatic N) is 2. The normalized spacial score (nSPS) is 11.5. The maximum atomic E-state index is 13.9. The number of rotatable bonds is 5. The van der Waals surface area contributed by atoms with Crippen LogP contribution in [-0.2, 0) is 15.6 Å². The molecule has 8 nitrogen and oxygen atoms in total. The Morgan fingerprint density at radius 2 is 1.90 bits per heavy atom. The topological polar surface area (TPSA) is 113 Å². The molecule has 2 heterocycles. The van der Waals surface area contributed by atoms with Crippen LogP contribution in [0.25, 0.3) is 5.65 Å². The van der Waals surface area contributed by atoms with E-state index in [0.717, 1.165) is 12.1 Å². The lowest BCUT2D eigenvalue weighted by Crippen LogP contribution is -2.15. The van der Waals surface area contributed by atoms with Crippen LogP contribution in [0.1, 0.15) is 15.9 Å². The smallest absolute Gasteiger partial charge is 0.322 e. The molecule has 0 aliphatic carbocycles. The lowest BCUT2D eigenvalue weighted by Gasteiger charge is -2.09. The molecule has 4 rings (SSSR count). The van der Waals surface area contributed by atoms with Gasteiger partial charge >= 0.3 is 5.69 Å². The summed E-state index contributed by atoms with van der Waals surface area (Å²) < 4.78 is 53.2. The first-order valence-corrected chi connectivity index (χ1v) is 10.5. The number of hydrogen-bond acceptors (Lipinski definition) is 5. The van der Waals surface area contributed by atoms with E-state index in [4.69, 9.17) is 0 Å². The Balaban J connectivity index is 1.55. The standard InChI is InChI=1S/C20H14F2N4O4S/c21-14-5-6-17(16(22)9-14)31(29,30)11-12-2-1-3-15(8-12)23-19(27)13-4-7-18-24-25-20(28)26(18)10-13/h1-10H,11H2,(H,23,27)(H,25,28). The summed E-state index contributed by atoms with van der Waals surface area (Å²) in [6.45, 7) is 0. The van der Waals surface area contributed by atoms with Gasteiger partial charge in [0, 0.05) is 18.0 Å². The van der Waals surface area contributed by atoms with Gasteiger partial charge in [-0.25, -0.2) is 31.5 Å². The third kappa shape index (κ3) is 4.21. The highest BCUT2D eigenvalue weighted by molar-refractivity contribution is 7.90. The fourth-order valence-corrected chi connectivity index (χ4v) is 4.41. The number of aromatic amines is 1. The highest BCUT2D eigenvalue weighted by Crippen LogP contribution is 2.22. The number of nitrogens with one attached hydrogen (secondary N) is 2. The van der Waals surface area contributed by atoms with Crippen LogP contribution in [0.3, 0.4) is 0 Å². The zero-order valence-corrected chi connectivity index (χ0v) is 16.5. The molecule has 0 unspecified atom stereocenters. The Kier molecular flexibility index (Phi) is 5.11. The van der Waals surface area contributed by atoms with Crippen molar-refractivity contribution in [3.8, 4) is 0 Å². The third-order valence-electron chi connectivity index (χ3n) is 4.44. The number of carbonyl (C=O) groups excluding carboxylic acids is 1. The predicted octanol–water partition coefficient (Wildman–Crippen LogP) is 2.53. The molecule has 2 N–H and O–H groups in total. The average molecular weight is 444 g/mol. The van der Waals surface area contributed by atoms with Gasteiger partial charge in [0.1, 0.15) is 16.5 Å². The van der Waals surface area contributed by atoms with Crippen molar-refractivity contribution in [1.82, 2.24) is 14.6 Å². The minimum atomic E-state index is -4.08. The van der Waals surface area contributed by atoms with Crippen LogP contribution < -0.4 is 11.0 Å². The molecule has 11 heteroatoms. The molecule has 0 atom stereocenters. The zero-order valence-electron chi connectivity index (χ0n) is 15.7. The summed E-state index contributed by atoms with van der Waals surface area (Å²) >= 11 is 0. The molecule has 4 aromatic rings. The second-order valence-electron chi connectivity index (χ2n) is 6.66. The van der Waals surface area contributed by atoms with Crippen LogP contribution in [-0.4, -0.2) is 28.9 Å². The Morgan fingerprint density at radius 1 is 1.10 bits per heavy atom. The molecule has 1 amide bonds. The van der Waals surface area contributed by atoms with Gasteiger partial charge in [-0.2, -0.15) is 5.10 Å². The van der Waals surface area contributed by atoms with Crippen LogP contribution in [0.15, 0.2) is 70.5 Å². The van der Waals surface area contributed by atoms with E-state index < -0.39 is 43.7 Å². The Bertz CT molecular complexity index is 1480. The number of anilines is 1. The van der Waals surface area contributed by atoms with E-state index in [0.29, 0.717) is 23.0 Å². The Morgan fingerprint density at radius 3 is 2.68 bits per heavy atom. The van der Waals surface area contributed by atoms with Crippen molar-refractivity contribution < 1.29 is 22.0 Å². The summed E-state index contributed by atoms with van der Waals surface area (Å²) in [7, 11) is -4.08. The quantitative estimate of drug-likeness (QED) is 0.459. The van der Waals surface area contributed by atoms with Gasteiger partial charge in [0.25, 0.3) is 5.91 Å². The molecule has 2 aromatic heterocycles. The van der Waals surface area contributed by atoms with Crippen molar-refractivity contribution in [2.24, 2.45) is 0 Å². The van der Waals surface area contributed by atoms with Crippen molar-refractivity contribution in [3.05, 3.63) is 94.0 Å². The largest absolute Gasteiger partial charge is 0.347 e. The van der Waals surface area contributed by atoms with Crippen LogP contribution >= 0.6 is 0 Å². The van der Waals surface area contributed by atoms with E-state index in [2.05, 4.69) is 15.5 Å². The molecule has 2 aromatic carbocycles. The number of benzene rings is 2. The first kappa shape index (κ1) is 20.4. The molecule has 0 fully saturated rings. The lowest BCUT2D eigenvalue weighted by molar-refractivity contribution is 0.102. The molecule has 0 bridgehead atoms. The van der Waals surface area contributed by atoms with E-state index in [-0.39, 0.29) is 5.56 Å². The van der Waals surface area contributed by atoms with E-state index in [1.54, 1.807) is 6.07 Å². The number of fused-ring (bicyclic) bond motifs is 1. The van der Waals surface area contributed by atoms with Gasteiger partial charge < -0.3 is 5.32 Å². The fraction of sp³-hybridized carbons (Fsp3) is 0.0500. The number of pyridine rings is 1. The summed E-state index contributed by atoms with van der Waals surface area (Å²) in [5.74, 6) is -3.12. The molecule has 0 saturated heterocycles. The van der Waals surface area contributed by atoms with Gasteiger partial charge in [0.2, 0.25) is 0 Å². The van der Waals surface area contributed by atoms with Crippen LogP contribution in [0.5, 0.6) is 0 Å². The molecule has 0 aliphatic rings. The molecular formula is C20H14F2N4O4S. The minimum absolute atomic E-state index is 0.183. The maximum absolute atomic E-state index is 13.9. The Labute approximate surface area is 174 Å². The number of halogens is 2. The monoisotopic (exact) mass is 444 g/mol. The van der Waals surface area contributed by atoms with E-state index in [1.807, 2.05) is 0 Å². The van der Waals surface area contributed by atoms with Gasteiger partial charge in [0.15, 0.2) is 15.5 Å². The fourth-order valence-electron chi connectivity index (χ4n) is 3.01. The maximum Gasteiger partial charge on any atom is 0.347 e. The minimum Gasteiger partial charge on any atom is -0.322 e. The highest BCUT2D eigenvalue weighted by atomic mass is 32.2. The molecule has 31 heavy (non-hydrogen) atoms. The predicted molar refractivity (Wildman–Crippen MR) is 107 cm³/mol. The zero-order chi connectivity index (χ0) is 22.2. The second-order valence-corrected chi connectivity index (χ2v) is 8.62. The van der Waals surface area contributed by atoms with Gasteiger partial charge in [-0.1, -0.05) is 12.1 Å². The molecule has 0 radical (unpaired) electrons. The molecule has 158 valence electrons.